The molecule has 0 spiro atoms. The summed E-state index contributed by atoms with van der Waals surface area (Å²) in [6.07, 6.45) is 1.04. The van der Waals surface area contributed by atoms with Crippen LogP contribution in [0.5, 0.6) is 0 Å². The van der Waals surface area contributed by atoms with Gasteiger partial charge in [0.05, 0.1) is 6.42 Å². The Morgan fingerprint density at radius 1 is 1.04 bits per heavy atom. The van der Waals surface area contributed by atoms with E-state index in [1.165, 1.54) is 0 Å². The normalized spacial score (nSPS) is 12.9. The molecule has 2 atom stereocenters. The third-order valence-electron chi connectivity index (χ3n) is 4.61. The molecule has 5 heteroatoms. The maximum atomic E-state index is 13.0. The van der Waals surface area contributed by atoms with E-state index in [4.69, 9.17) is 11.6 Å². The van der Waals surface area contributed by atoms with Crippen LogP contribution in [0.4, 0.5) is 0 Å². The average molecular weight is 387 g/mol. The summed E-state index contributed by atoms with van der Waals surface area (Å²) in [7, 11) is 0. The summed E-state index contributed by atoms with van der Waals surface area (Å²) in [6.45, 7) is 6.13. The van der Waals surface area contributed by atoms with Crippen LogP contribution in [0.1, 0.15) is 38.3 Å². The van der Waals surface area contributed by atoms with Crippen LogP contribution in [0, 0.1) is 0 Å². The van der Waals surface area contributed by atoms with Gasteiger partial charge in [-0.05, 0) is 43.5 Å². The van der Waals surface area contributed by atoms with Crippen LogP contribution >= 0.6 is 11.6 Å². The van der Waals surface area contributed by atoms with Crippen LogP contribution in [-0.2, 0) is 22.6 Å². The highest BCUT2D eigenvalue weighted by Gasteiger charge is 2.26. The Kier molecular flexibility index (Phi) is 7.86. The van der Waals surface area contributed by atoms with Crippen molar-refractivity contribution in [1.29, 1.82) is 0 Å². The lowest BCUT2D eigenvalue weighted by Crippen LogP contribution is -2.49. The second-order valence-electron chi connectivity index (χ2n) is 6.81. The maximum absolute atomic E-state index is 13.0. The molecule has 0 saturated carbocycles. The lowest BCUT2D eigenvalue weighted by atomic mass is 10.1. The maximum Gasteiger partial charge on any atom is 0.242 e. The fourth-order valence-corrected chi connectivity index (χ4v) is 2.96. The highest BCUT2D eigenvalue weighted by Crippen LogP contribution is 2.15. The van der Waals surface area contributed by atoms with Crippen molar-refractivity contribution in [2.45, 2.75) is 52.2 Å². The number of amides is 2. The van der Waals surface area contributed by atoms with E-state index < -0.39 is 6.04 Å². The van der Waals surface area contributed by atoms with E-state index in [2.05, 4.69) is 5.32 Å². The van der Waals surface area contributed by atoms with Gasteiger partial charge in [0.15, 0.2) is 0 Å². The van der Waals surface area contributed by atoms with Gasteiger partial charge in [-0.2, -0.15) is 0 Å². The molecule has 2 rings (SSSR count). The highest BCUT2D eigenvalue weighted by molar-refractivity contribution is 6.30. The Morgan fingerprint density at radius 3 is 2.33 bits per heavy atom. The summed E-state index contributed by atoms with van der Waals surface area (Å²) in [5, 5.41) is 3.56. The van der Waals surface area contributed by atoms with Gasteiger partial charge < -0.3 is 10.2 Å². The minimum Gasteiger partial charge on any atom is -0.352 e. The number of rotatable bonds is 8. The van der Waals surface area contributed by atoms with Gasteiger partial charge in [0.25, 0.3) is 0 Å². The van der Waals surface area contributed by atoms with Gasteiger partial charge in [-0.3, -0.25) is 9.59 Å². The Morgan fingerprint density at radius 2 is 1.70 bits per heavy atom. The number of nitrogens with one attached hydrogen (secondary N) is 1. The van der Waals surface area contributed by atoms with Crippen LogP contribution in [-0.4, -0.2) is 28.8 Å². The van der Waals surface area contributed by atoms with E-state index in [-0.39, 0.29) is 24.3 Å². The Balaban J connectivity index is 2.20. The molecular formula is C22H27ClN2O2. The molecule has 0 fully saturated rings. The fourth-order valence-electron chi connectivity index (χ4n) is 2.75. The van der Waals surface area contributed by atoms with Crippen LogP contribution in [0.3, 0.4) is 0 Å². The van der Waals surface area contributed by atoms with Crippen molar-refractivity contribution in [2.24, 2.45) is 0 Å². The van der Waals surface area contributed by atoms with Gasteiger partial charge in [-0.15, -0.1) is 0 Å². The monoisotopic (exact) mass is 386 g/mol. The SMILES string of the molecule is CCC(C)NC(=O)C(C)N(Cc1ccccc1)C(=O)Cc1cccc(Cl)c1. The summed E-state index contributed by atoms with van der Waals surface area (Å²) < 4.78 is 0. The molecule has 27 heavy (non-hydrogen) atoms. The highest BCUT2D eigenvalue weighted by atomic mass is 35.5. The first-order valence-electron chi connectivity index (χ1n) is 9.29. The molecule has 2 amide bonds. The van der Waals surface area contributed by atoms with Crippen LogP contribution in [0.2, 0.25) is 5.02 Å². The van der Waals surface area contributed by atoms with Crippen molar-refractivity contribution in [3.8, 4) is 0 Å². The molecule has 0 aliphatic heterocycles. The standard InChI is InChI=1S/C22H27ClN2O2/c1-4-16(2)24-22(27)17(3)25(15-18-9-6-5-7-10-18)21(26)14-19-11-8-12-20(23)13-19/h5-13,16-17H,4,14-15H2,1-3H3,(H,24,27). The van der Waals surface area contributed by atoms with Gasteiger partial charge >= 0.3 is 0 Å². The lowest BCUT2D eigenvalue weighted by molar-refractivity contribution is -0.140. The molecule has 0 heterocycles. The van der Waals surface area contributed by atoms with Crippen LogP contribution in [0.15, 0.2) is 54.6 Å². The van der Waals surface area contributed by atoms with E-state index in [0.717, 1.165) is 17.5 Å². The molecule has 0 saturated heterocycles. The number of carbonyl (C=O) groups is 2. The van der Waals surface area contributed by atoms with Gasteiger partial charge in [0, 0.05) is 17.6 Å². The minimum atomic E-state index is -0.564. The Hall–Kier alpha value is -2.33. The first kappa shape index (κ1) is 21.0. The molecule has 0 radical (unpaired) electrons. The van der Waals surface area contributed by atoms with Gasteiger partial charge in [0.1, 0.15) is 6.04 Å². The fraction of sp³-hybridized carbons (Fsp3) is 0.364. The van der Waals surface area contributed by atoms with Crippen LogP contribution in [0.25, 0.3) is 0 Å². The predicted octanol–water partition coefficient (Wildman–Crippen LogP) is 4.21. The first-order valence-corrected chi connectivity index (χ1v) is 9.66. The molecule has 0 aliphatic carbocycles. The van der Waals surface area contributed by atoms with Gasteiger partial charge in [-0.1, -0.05) is 61.0 Å². The number of hydrogen-bond acceptors (Lipinski definition) is 2. The lowest BCUT2D eigenvalue weighted by Gasteiger charge is -2.29. The summed E-state index contributed by atoms with van der Waals surface area (Å²) in [5.41, 5.74) is 1.82. The second kappa shape index (κ2) is 10.1. The van der Waals surface area contributed by atoms with Gasteiger partial charge in [-0.25, -0.2) is 0 Å². The van der Waals surface area contributed by atoms with E-state index in [9.17, 15) is 9.59 Å². The molecule has 2 aromatic carbocycles. The molecule has 1 N–H and O–H groups in total. The van der Waals surface area contributed by atoms with E-state index in [0.29, 0.717) is 11.6 Å². The number of halogens is 1. The smallest absolute Gasteiger partial charge is 0.242 e. The largest absolute Gasteiger partial charge is 0.352 e. The molecule has 0 aromatic heterocycles. The van der Waals surface area contributed by atoms with Crippen molar-refractivity contribution >= 4 is 23.4 Å². The quantitative estimate of drug-likeness (QED) is 0.738. The topological polar surface area (TPSA) is 49.4 Å². The number of nitrogens with zero attached hydrogens (tertiary/aromatic N) is 1. The third kappa shape index (κ3) is 6.40. The summed E-state index contributed by atoms with van der Waals surface area (Å²) in [4.78, 5) is 27.3. The first-order chi connectivity index (χ1) is 12.9. The molecule has 2 unspecified atom stereocenters. The Bertz CT molecular complexity index is 764. The zero-order valence-corrected chi connectivity index (χ0v) is 16.9. The number of carbonyl (C=O) groups excluding carboxylic acids is 2. The molecule has 0 aliphatic rings. The minimum absolute atomic E-state index is 0.0709. The molecular weight excluding hydrogens is 360 g/mol. The number of benzene rings is 2. The summed E-state index contributed by atoms with van der Waals surface area (Å²) in [6, 6.07) is 16.5. The summed E-state index contributed by atoms with van der Waals surface area (Å²) in [5.74, 6) is -0.243. The number of hydrogen-bond donors (Lipinski definition) is 1. The van der Waals surface area contributed by atoms with Crippen LogP contribution < -0.4 is 5.32 Å². The van der Waals surface area contributed by atoms with E-state index in [1.54, 1.807) is 24.0 Å². The molecule has 2 aromatic rings. The van der Waals surface area contributed by atoms with Gasteiger partial charge in [0.2, 0.25) is 11.8 Å². The molecule has 4 nitrogen and oxygen atoms in total. The molecule has 0 bridgehead atoms. The summed E-state index contributed by atoms with van der Waals surface area (Å²) >= 11 is 6.03. The zero-order chi connectivity index (χ0) is 19.8. The van der Waals surface area contributed by atoms with Crippen molar-refractivity contribution in [3.05, 3.63) is 70.7 Å². The van der Waals surface area contributed by atoms with Crippen molar-refractivity contribution < 1.29 is 9.59 Å². The Labute approximate surface area is 166 Å². The van der Waals surface area contributed by atoms with Crippen molar-refractivity contribution in [1.82, 2.24) is 10.2 Å². The average Bonchev–Trinajstić information content (AvgIpc) is 2.66. The molecule has 144 valence electrons. The predicted molar refractivity (Wildman–Crippen MR) is 110 cm³/mol. The third-order valence-corrected chi connectivity index (χ3v) is 4.84. The zero-order valence-electron chi connectivity index (χ0n) is 16.1. The second-order valence-corrected chi connectivity index (χ2v) is 7.24. The van der Waals surface area contributed by atoms with Crippen molar-refractivity contribution in [2.75, 3.05) is 0 Å². The van der Waals surface area contributed by atoms with E-state index in [1.807, 2.05) is 56.3 Å². The van der Waals surface area contributed by atoms with E-state index >= 15 is 0 Å². The van der Waals surface area contributed by atoms with Crippen molar-refractivity contribution in [3.63, 3.8) is 0 Å².